The summed E-state index contributed by atoms with van der Waals surface area (Å²) in [6, 6.07) is 16.1. The quantitative estimate of drug-likeness (QED) is 0.645. The van der Waals surface area contributed by atoms with Crippen molar-refractivity contribution in [2.45, 2.75) is 32.7 Å². The largest absolute Gasteiger partial charge is 0.494 e. The Bertz CT molecular complexity index is 946. The topological polar surface area (TPSA) is 55.6 Å². The molecule has 1 amide bonds. The van der Waals surface area contributed by atoms with Crippen molar-refractivity contribution in [2.75, 3.05) is 13.2 Å². The number of benzene rings is 2. The van der Waals surface area contributed by atoms with Gasteiger partial charge < -0.3 is 14.1 Å². The van der Waals surface area contributed by atoms with Gasteiger partial charge in [-0.3, -0.25) is 4.79 Å². The highest BCUT2D eigenvalue weighted by atomic mass is 16.5. The molecule has 0 bridgehead atoms. The zero-order chi connectivity index (χ0) is 19.3. The summed E-state index contributed by atoms with van der Waals surface area (Å²) in [5, 5.41) is 0. The molecule has 28 heavy (non-hydrogen) atoms. The zero-order valence-corrected chi connectivity index (χ0v) is 16.1. The minimum atomic E-state index is 0.148. The highest BCUT2D eigenvalue weighted by Gasteiger charge is 2.20. The SMILES string of the molecule is CCOc1ccc(-c2cnc(CCC(=O)N3CCc4ccccc4C3)o2)cc1. The van der Waals surface area contributed by atoms with Crippen LogP contribution in [0.15, 0.2) is 59.1 Å². The Kier molecular flexibility index (Phi) is 5.42. The van der Waals surface area contributed by atoms with Gasteiger partial charge >= 0.3 is 0 Å². The molecule has 0 unspecified atom stereocenters. The Morgan fingerprint density at radius 2 is 1.93 bits per heavy atom. The Morgan fingerprint density at radius 1 is 1.14 bits per heavy atom. The second kappa shape index (κ2) is 8.30. The van der Waals surface area contributed by atoms with Crippen molar-refractivity contribution < 1.29 is 13.9 Å². The van der Waals surface area contributed by atoms with E-state index in [1.54, 1.807) is 6.20 Å². The second-order valence-corrected chi connectivity index (χ2v) is 6.91. The van der Waals surface area contributed by atoms with Crippen LogP contribution in [0.1, 0.15) is 30.4 Å². The number of hydrogen-bond donors (Lipinski definition) is 0. The predicted molar refractivity (Wildman–Crippen MR) is 107 cm³/mol. The van der Waals surface area contributed by atoms with Crippen LogP contribution >= 0.6 is 0 Å². The van der Waals surface area contributed by atoms with Crippen molar-refractivity contribution in [3.8, 4) is 17.1 Å². The first kappa shape index (κ1) is 18.3. The minimum absolute atomic E-state index is 0.148. The lowest BCUT2D eigenvalue weighted by Gasteiger charge is -2.28. The summed E-state index contributed by atoms with van der Waals surface area (Å²) in [6.45, 7) is 4.07. The molecule has 0 fully saturated rings. The smallest absolute Gasteiger partial charge is 0.223 e. The van der Waals surface area contributed by atoms with Crippen LogP contribution in [0.3, 0.4) is 0 Å². The van der Waals surface area contributed by atoms with Gasteiger partial charge in [-0.2, -0.15) is 0 Å². The molecule has 0 aliphatic carbocycles. The van der Waals surface area contributed by atoms with E-state index in [0.29, 0.717) is 37.6 Å². The van der Waals surface area contributed by atoms with Crippen molar-refractivity contribution >= 4 is 5.91 Å². The lowest BCUT2D eigenvalue weighted by molar-refractivity contribution is -0.132. The third kappa shape index (κ3) is 4.09. The van der Waals surface area contributed by atoms with Crippen molar-refractivity contribution in [3.05, 3.63) is 71.7 Å². The number of carbonyl (C=O) groups is 1. The van der Waals surface area contributed by atoms with E-state index >= 15 is 0 Å². The Balaban J connectivity index is 1.34. The standard InChI is InChI=1S/C23H24N2O3/c1-2-27-20-9-7-18(8-10-20)21-15-24-22(28-21)11-12-23(26)25-14-13-17-5-3-4-6-19(17)16-25/h3-10,15H,2,11-14,16H2,1H3. The number of oxazole rings is 1. The van der Waals surface area contributed by atoms with E-state index < -0.39 is 0 Å². The van der Waals surface area contributed by atoms with E-state index in [1.165, 1.54) is 11.1 Å². The maximum Gasteiger partial charge on any atom is 0.223 e. The molecule has 1 aliphatic rings. The number of ether oxygens (including phenoxy) is 1. The van der Waals surface area contributed by atoms with Gasteiger partial charge in [0.15, 0.2) is 11.7 Å². The van der Waals surface area contributed by atoms with Gasteiger partial charge in [-0.25, -0.2) is 4.98 Å². The summed E-state index contributed by atoms with van der Waals surface area (Å²) in [5.74, 6) is 2.28. The van der Waals surface area contributed by atoms with Gasteiger partial charge in [0.25, 0.3) is 0 Å². The Hall–Kier alpha value is -3.08. The molecule has 2 heterocycles. The van der Waals surface area contributed by atoms with Crippen LogP contribution in [0.2, 0.25) is 0 Å². The van der Waals surface area contributed by atoms with Crippen LogP contribution in [0, 0.1) is 0 Å². The summed E-state index contributed by atoms with van der Waals surface area (Å²) in [7, 11) is 0. The highest BCUT2D eigenvalue weighted by molar-refractivity contribution is 5.76. The first-order valence-corrected chi connectivity index (χ1v) is 9.75. The third-order valence-electron chi connectivity index (χ3n) is 5.04. The van der Waals surface area contributed by atoms with Crippen LogP contribution in [0.4, 0.5) is 0 Å². The number of nitrogens with zero attached hydrogens (tertiary/aromatic N) is 2. The van der Waals surface area contributed by atoms with Crippen molar-refractivity contribution in [3.63, 3.8) is 0 Å². The molecule has 144 valence electrons. The highest BCUT2D eigenvalue weighted by Crippen LogP contribution is 2.24. The average Bonchev–Trinajstić information content (AvgIpc) is 3.21. The Labute approximate surface area is 165 Å². The van der Waals surface area contributed by atoms with Crippen LogP contribution in [-0.4, -0.2) is 28.9 Å². The molecule has 3 aromatic rings. The number of hydrogen-bond acceptors (Lipinski definition) is 4. The monoisotopic (exact) mass is 376 g/mol. The van der Waals surface area contributed by atoms with Gasteiger partial charge in [-0.1, -0.05) is 24.3 Å². The fraction of sp³-hybridized carbons (Fsp3) is 0.304. The van der Waals surface area contributed by atoms with E-state index in [1.807, 2.05) is 42.2 Å². The first-order chi connectivity index (χ1) is 13.7. The molecular formula is C23H24N2O3. The molecule has 0 atom stereocenters. The molecule has 2 aromatic carbocycles. The van der Waals surface area contributed by atoms with Crippen molar-refractivity contribution in [2.24, 2.45) is 0 Å². The number of fused-ring (bicyclic) bond motifs is 1. The number of aryl methyl sites for hydroxylation is 1. The van der Waals surface area contributed by atoms with Gasteiger partial charge in [-0.05, 0) is 48.7 Å². The fourth-order valence-corrected chi connectivity index (χ4v) is 3.52. The molecule has 1 aromatic heterocycles. The number of carbonyl (C=O) groups excluding carboxylic acids is 1. The third-order valence-corrected chi connectivity index (χ3v) is 5.04. The van der Waals surface area contributed by atoms with Gasteiger partial charge in [0, 0.05) is 31.5 Å². The van der Waals surface area contributed by atoms with Gasteiger partial charge in [0.05, 0.1) is 12.8 Å². The molecule has 5 nitrogen and oxygen atoms in total. The molecule has 0 radical (unpaired) electrons. The maximum absolute atomic E-state index is 12.6. The van der Waals surface area contributed by atoms with E-state index in [2.05, 4.69) is 23.2 Å². The average molecular weight is 376 g/mol. The zero-order valence-electron chi connectivity index (χ0n) is 16.1. The minimum Gasteiger partial charge on any atom is -0.494 e. The predicted octanol–water partition coefficient (Wildman–Crippen LogP) is 4.26. The van der Waals surface area contributed by atoms with E-state index in [9.17, 15) is 4.79 Å². The summed E-state index contributed by atoms with van der Waals surface area (Å²) in [4.78, 5) is 18.9. The summed E-state index contributed by atoms with van der Waals surface area (Å²) in [6.07, 6.45) is 3.55. The molecular weight excluding hydrogens is 352 g/mol. The van der Waals surface area contributed by atoms with Crippen LogP contribution < -0.4 is 4.74 Å². The number of amides is 1. The molecule has 5 heteroatoms. The lowest BCUT2D eigenvalue weighted by Crippen LogP contribution is -2.36. The van der Waals surface area contributed by atoms with E-state index in [-0.39, 0.29) is 5.91 Å². The molecule has 0 N–H and O–H groups in total. The summed E-state index contributed by atoms with van der Waals surface area (Å²) in [5.41, 5.74) is 3.54. The molecule has 4 rings (SSSR count). The number of rotatable bonds is 6. The van der Waals surface area contributed by atoms with Gasteiger partial charge in [-0.15, -0.1) is 0 Å². The van der Waals surface area contributed by atoms with E-state index in [0.717, 1.165) is 24.3 Å². The normalized spacial score (nSPS) is 13.2. The van der Waals surface area contributed by atoms with Crippen molar-refractivity contribution in [1.82, 2.24) is 9.88 Å². The second-order valence-electron chi connectivity index (χ2n) is 6.91. The molecule has 0 spiro atoms. The summed E-state index contributed by atoms with van der Waals surface area (Å²) >= 11 is 0. The molecule has 0 saturated carbocycles. The first-order valence-electron chi connectivity index (χ1n) is 9.75. The summed E-state index contributed by atoms with van der Waals surface area (Å²) < 4.78 is 11.3. The van der Waals surface area contributed by atoms with E-state index in [4.69, 9.17) is 9.15 Å². The fourth-order valence-electron chi connectivity index (χ4n) is 3.52. The maximum atomic E-state index is 12.6. The van der Waals surface area contributed by atoms with Crippen molar-refractivity contribution in [1.29, 1.82) is 0 Å². The van der Waals surface area contributed by atoms with Crippen LogP contribution in [-0.2, 0) is 24.2 Å². The van der Waals surface area contributed by atoms with Gasteiger partial charge in [0.2, 0.25) is 5.91 Å². The lowest BCUT2D eigenvalue weighted by atomic mass is 9.99. The number of aromatic nitrogens is 1. The van der Waals surface area contributed by atoms with Crippen LogP contribution in [0.25, 0.3) is 11.3 Å². The Morgan fingerprint density at radius 3 is 2.71 bits per heavy atom. The molecule has 1 aliphatic heterocycles. The van der Waals surface area contributed by atoms with Crippen LogP contribution in [0.5, 0.6) is 5.75 Å². The molecule has 0 saturated heterocycles. The van der Waals surface area contributed by atoms with Gasteiger partial charge in [0.1, 0.15) is 5.75 Å².